The van der Waals surface area contributed by atoms with Gasteiger partial charge in [-0.25, -0.2) is 4.79 Å². The van der Waals surface area contributed by atoms with E-state index in [4.69, 9.17) is 11.6 Å². The third-order valence-corrected chi connectivity index (χ3v) is 4.36. The Bertz CT molecular complexity index is 933. The van der Waals surface area contributed by atoms with Gasteiger partial charge in [-0.15, -0.1) is 0 Å². The lowest BCUT2D eigenvalue weighted by molar-refractivity contribution is 0.0651. The van der Waals surface area contributed by atoms with Crippen molar-refractivity contribution in [2.24, 2.45) is 0 Å². The molecule has 1 aromatic heterocycles. The Kier molecular flexibility index (Phi) is 4.54. The number of rotatable bonds is 5. The largest absolute Gasteiger partial charge is 0.329 e. The first-order chi connectivity index (χ1) is 11.9. The summed E-state index contributed by atoms with van der Waals surface area (Å²) in [6.07, 6.45) is 1.24. The summed E-state index contributed by atoms with van der Waals surface area (Å²) in [5.74, 6) is -1.87. The number of carbonyl (C=O) groups excluding carboxylic acids is 2. The molecule has 2 heterocycles. The van der Waals surface area contributed by atoms with E-state index in [0.29, 0.717) is 17.5 Å². The van der Waals surface area contributed by atoms with E-state index in [9.17, 15) is 23.6 Å². The summed E-state index contributed by atoms with van der Waals surface area (Å²) < 4.78 is 14.1. The molecule has 7 nitrogen and oxygen atoms in total. The lowest BCUT2D eigenvalue weighted by Crippen LogP contribution is -2.33. The maximum absolute atomic E-state index is 13.3. The van der Waals surface area contributed by atoms with E-state index in [1.807, 2.05) is 4.98 Å². The van der Waals surface area contributed by atoms with Gasteiger partial charge >= 0.3 is 5.69 Å². The zero-order valence-electron chi connectivity index (χ0n) is 12.9. The van der Waals surface area contributed by atoms with Gasteiger partial charge in [-0.2, -0.15) is 4.39 Å². The number of fused-ring (bicyclic) bond motifs is 1. The molecule has 0 aliphatic carbocycles. The number of alkyl halides is 1. The Hall–Kier alpha value is -2.74. The fourth-order valence-electron chi connectivity index (χ4n) is 2.67. The van der Waals surface area contributed by atoms with Crippen molar-refractivity contribution < 1.29 is 14.0 Å². The minimum absolute atomic E-state index is 0.121. The predicted molar refractivity (Wildman–Crippen MR) is 87.2 cm³/mol. The fraction of sp³-hybridized carbons (Fsp3) is 0.250. The van der Waals surface area contributed by atoms with Gasteiger partial charge in [-0.3, -0.25) is 28.8 Å². The van der Waals surface area contributed by atoms with Crippen LogP contribution >= 0.6 is 11.6 Å². The van der Waals surface area contributed by atoms with E-state index in [1.165, 1.54) is 0 Å². The average molecular weight is 366 g/mol. The topological polar surface area (TPSA) is 92.2 Å². The number of nitrogens with zero attached hydrogens (tertiary/aromatic N) is 2. The van der Waals surface area contributed by atoms with E-state index in [-0.39, 0.29) is 24.8 Å². The van der Waals surface area contributed by atoms with Crippen LogP contribution in [0.3, 0.4) is 0 Å². The number of hydrogen-bond acceptors (Lipinski definition) is 4. The molecule has 9 heteroatoms. The van der Waals surface area contributed by atoms with E-state index in [1.54, 1.807) is 24.3 Å². The molecule has 0 saturated heterocycles. The molecule has 3 rings (SSSR count). The molecule has 2 aromatic rings. The summed E-state index contributed by atoms with van der Waals surface area (Å²) in [6.45, 7) is 0.121. The van der Waals surface area contributed by atoms with Crippen LogP contribution in [0.25, 0.3) is 0 Å². The highest BCUT2D eigenvalue weighted by Gasteiger charge is 2.34. The van der Waals surface area contributed by atoms with Gasteiger partial charge in [0.15, 0.2) is 0 Å². The predicted octanol–water partition coefficient (Wildman–Crippen LogP) is 1.49. The van der Waals surface area contributed by atoms with Crippen LogP contribution < -0.4 is 11.2 Å². The van der Waals surface area contributed by atoms with Crippen LogP contribution in [0.4, 0.5) is 4.39 Å². The fourth-order valence-corrected chi connectivity index (χ4v) is 2.97. The molecule has 0 radical (unpaired) electrons. The second kappa shape index (κ2) is 6.64. The maximum atomic E-state index is 13.3. The Morgan fingerprint density at radius 2 is 1.68 bits per heavy atom. The smallest absolute Gasteiger partial charge is 0.281 e. The van der Waals surface area contributed by atoms with Crippen LogP contribution in [-0.2, 0) is 0 Å². The van der Waals surface area contributed by atoms with E-state index >= 15 is 0 Å². The summed E-state index contributed by atoms with van der Waals surface area (Å²) in [4.78, 5) is 50.0. The van der Waals surface area contributed by atoms with Crippen LogP contribution in [0.1, 0.15) is 39.1 Å². The van der Waals surface area contributed by atoms with Gasteiger partial charge in [0.05, 0.1) is 17.3 Å². The maximum Gasteiger partial charge on any atom is 0.329 e. The third kappa shape index (κ3) is 3.12. The number of benzene rings is 1. The molecule has 1 atom stereocenters. The third-order valence-electron chi connectivity index (χ3n) is 3.93. The minimum atomic E-state index is -1.12. The molecule has 25 heavy (non-hydrogen) atoms. The average Bonchev–Trinajstić information content (AvgIpc) is 2.83. The molecular weight excluding hydrogens is 353 g/mol. The molecule has 1 aliphatic rings. The van der Waals surface area contributed by atoms with Gasteiger partial charge < -0.3 is 0 Å². The lowest BCUT2D eigenvalue weighted by Gasteiger charge is -2.16. The number of aromatic amines is 1. The van der Waals surface area contributed by atoms with Gasteiger partial charge in [0.1, 0.15) is 5.50 Å². The van der Waals surface area contributed by atoms with Crippen LogP contribution in [0, 0.1) is 5.82 Å². The molecular formula is C16H13ClFN3O4. The Morgan fingerprint density at radius 1 is 1.08 bits per heavy atom. The number of carbonyl (C=O) groups is 2. The SMILES string of the molecule is O=C1c2ccccc2C(=O)N1CCCC(Cl)n1cc(F)c(=O)[nH]c1=O. The highest BCUT2D eigenvalue weighted by molar-refractivity contribution is 6.21. The van der Waals surface area contributed by atoms with Crippen molar-refractivity contribution in [2.75, 3.05) is 6.54 Å². The van der Waals surface area contributed by atoms with E-state index < -0.39 is 22.6 Å². The van der Waals surface area contributed by atoms with Crippen molar-refractivity contribution in [3.63, 3.8) is 0 Å². The van der Waals surface area contributed by atoms with Crippen LogP contribution in [0.5, 0.6) is 0 Å². The second-order valence-electron chi connectivity index (χ2n) is 5.53. The van der Waals surface area contributed by atoms with Crippen molar-refractivity contribution in [1.29, 1.82) is 0 Å². The Morgan fingerprint density at radius 3 is 2.28 bits per heavy atom. The number of hydrogen-bond donors (Lipinski definition) is 1. The molecule has 0 bridgehead atoms. The van der Waals surface area contributed by atoms with Gasteiger partial charge in [0, 0.05) is 6.54 Å². The number of halogens is 2. The van der Waals surface area contributed by atoms with Gasteiger partial charge in [0.2, 0.25) is 5.82 Å². The molecule has 1 N–H and O–H groups in total. The zero-order valence-corrected chi connectivity index (χ0v) is 13.6. The van der Waals surface area contributed by atoms with E-state index in [0.717, 1.165) is 15.7 Å². The lowest BCUT2D eigenvalue weighted by atomic mass is 10.1. The molecule has 0 spiro atoms. The minimum Gasteiger partial charge on any atom is -0.281 e. The molecule has 1 unspecified atom stereocenters. The van der Waals surface area contributed by atoms with Gasteiger partial charge in [0.25, 0.3) is 17.4 Å². The summed E-state index contributed by atoms with van der Waals surface area (Å²) in [6, 6.07) is 6.53. The normalized spacial score (nSPS) is 14.7. The van der Waals surface area contributed by atoms with Gasteiger partial charge in [-0.1, -0.05) is 23.7 Å². The Labute approximate surface area is 145 Å². The van der Waals surface area contributed by atoms with Crippen molar-refractivity contribution in [1.82, 2.24) is 14.5 Å². The summed E-state index contributed by atoms with van der Waals surface area (Å²) >= 11 is 6.07. The number of imide groups is 1. The van der Waals surface area contributed by atoms with E-state index in [2.05, 4.69) is 0 Å². The van der Waals surface area contributed by atoms with Gasteiger partial charge in [-0.05, 0) is 25.0 Å². The first kappa shape index (κ1) is 17.1. The Balaban J connectivity index is 1.65. The quantitative estimate of drug-likeness (QED) is 0.641. The standard InChI is InChI=1S/C16H13ClFN3O4/c17-12(21-8-11(18)13(22)19-16(21)25)6-3-7-20-14(23)9-4-1-2-5-10(9)15(20)24/h1-2,4-5,8,12H,3,6-7H2,(H,19,22,25). The molecule has 130 valence electrons. The molecule has 1 aliphatic heterocycles. The molecule has 2 amide bonds. The molecule has 1 aromatic carbocycles. The van der Waals surface area contributed by atoms with Crippen LogP contribution in [0.15, 0.2) is 40.1 Å². The van der Waals surface area contributed by atoms with Crippen LogP contribution in [-0.4, -0.2) is 32.8 Å². The summed E-state index contributed by atoms with van der Waals surface area (Å²) in [7, 11) is 0. The number of H-pyrrole nitrogens is 1. The van der Waals surface area contributed by atoms with Crippen molar-refractivity contribution in [3.05, 3.63) is 68.2 Å². The number of aromatic nitrogens is 2. The van der Waals surface area contributed by atoms with Crippen molar-refractivity contribution in [2.45, 2.75) is 18.3 Å². The number of nitrogens with one attached hydrogen (secondary N) is 1. The van der Waals surface area contributed by atoms with Crippen LogP contribution in [0.2, 0.25) is 0 Å². The van der Waals surface area contributed by atoms with Crippen molar-refractivity contribution in [3.8, 4) is 0 Å². The highest BCUT2D eigenvalue weighted by atomic mass is 35.5. The second-order valence-corrected chi connectivity index (χ2v) is 6.03. The molecule has 0 fully saturated rings. The zero-order chi connectivity index (χ0) is 18.1. The highest BCUT2D eigenvalue weighted by Crippen LogP contribution is 2.24. The molecule has 0 saturated carbocycles. The van der Waals surface area contributed by atoms with Crippen molar-refractivity contribution >= 4 is 23.4 Å². The number of amides is 2. The summed E-state index contributed by atoms with van der Waals surface area (Å²) in [5.41, 5.74) is -2.15. The monoisotopic (exact) mass is 365 g/mol. The summed E-state index contributed by atoms with van der Waals surface area (Å²) in [5, 5.41) is 0. The first-order valence-corrected chi connectivity index (χ1v) is 7.94. The first-order valence-electron chi connectivity index (χ1n) is 7.50.